The molecule has 0 aromatic heterocycles. The highest BCUT2D eigenvalue weighted by molar-refractivity contribution is 5.78. The number of ether oxygens (including phenoxy) is 3. The molecule has 0 unspecified atom stereocenters. The summed E-state index contributed by atoms with van der Waals surface area (Å²) in [5, 5.41) is 25.0. The second-order valence-electron chi connectivity index (χ2n) is 21.2. The van der Waals surface area contributed by atoms with E-state index in [4.69, 9.17) is 14.2 Å². The van der Waals surface area contributed by atoms with Crippen LogP contribution in [0.5, 0.6) is 23.0 Å². The van der Waals surface area contributed by atoms with Gasteiger partial charge in [0, 0.05) is 38.8 Å². The van der Waals surface area contributed by atoms with Crippen LogP contribution in [0.2, 0.25) is 0 Å². The zero-order valence-corrected chi connectivity index (χ0v) is 40.4. The topological polar surface area (TPSA) is 106 Å². The van der Waals surface area contributed by atoms with E-state index in [-0.39, 0.29) is 58.9 Å². The maximum absolute atomic E-state index is 13.6. The van der Waals surface area contributed by atoms with E-state index in [9.17, 15) is 19.8 Å². The average Bonchev–Trinajstić information content (AvgIpc) is 3.15. The van der Waals surface area contributed by atoms with Crippen LogP contribution in [0.3, 0.4) is 0 Å². The molecule has 4 aromatic rings. The third-order valence-electron chi connectivity index (χ3n) is 12.1. The number of fused-ring (bicyclic) bond motifs is 8. The fourth-order valence-corrected chi connectivity index (χ4v) is 8.15. The summed E-state index contributed by atoms with van der Waals surface area (Å²) in [4.78, 5) is 28.2. The summed E-state index contributed by atoms with van der Waals surface area (Å²) in [5.41, 5.74) is 9.47. The van der Waals surface area contributed by atoms with Crippen LogP contribution in [-0.2, 0) is 61.7 Å². The van der Waals surface area contributed by atoms with Gasteiger partial charge in [0.2, 0.25) is 0 Å². The van der Waals surface area contributed by atoms with Crippen molar-refractivity contribution in [3.05, 3.63) is 115 Å². The van der Waals surface area contributed by atoms with Crippen molar-refractivity contribution in [2.75, 3.05) is 32.9 Å². The quantitative estimate of drug-likeness (QED) is 0.142. The van der Waals surface area contributed by atoms with Gasteiger partial charge in [-0.15, -0.1) is 0 Å². The first-order valence-electron chi connectivity index (χ1n) is 22.5. The summed E-state index contributed by atoms with van der Waals surface area (Å²) in [6, 6.07) is 16.9. The van der Waals surface area contributed by atoms with Gasteiger partial charge < -0.3 is 29.3 Å². The van der Waals surface area contributed by atoms with Gasteiger partial charge in [0.15, 0.2) is 13.2 Å². The number of phenols is 2. The van der Waals surface area contributed by atoms with Crippen molar-refractivity contribution in [2.24, 2.45) is 0 Å². The molecule has 0 saturated heterocycles. The van der Waals surface area contributed by atoms with Crippen molar-refractivity contribution < 1.29 is 34.0 Å². The summed E-state index contributed by atoms with van der Waals surface area (Å²) < 4.78 is 18.5. The summed E-state index contributed by atoms with van der Waals surface area (Å²) >= 11 is 0. The van der Waals surface area contributed by atoms with E-state index in [1.165, 1.54) is 0 Å². The van der Waals surface area contributed by atoms with Crippen molar-refractivity contribution in [2.45, 2.75) is 151 Å². The van der Waals surface area contributed by atoms with E-state index in [1.807, 2.05) is 13.8 Å². The lowest BCUT2D eigenvalue weighted by Crippen LogP contribution is -2.34. The Morgan fingerprint density at radius 2 is 0.758 bits per heavy atom. The Hall–Kier alpha value is -4.98. The predicted molar refractivity (Wildman–Crippen MR) is 251 cm³/mol. The minimum atomic E-state index is -0.473. The van der Waals surface area contributed by atoms with Gasteiger partial charge in [-0.05, 0) is 109 Å². The second-order valence-corrected chi connectivity index (χ2v) is 21.2. The van der Waals surface area contributed by atoms with Crippen molar-refractivity contribution in [3.8, 4) is 23.0 Å². The number of carbonyl (C=O) groups excluding carboxylic acids is 2. The molecule has 1 aliphatic carbocycles. The molecule has 62 heavy (non-hydrogen) atoms. The molecule has 5 rings (SSSR count). The number of esters is 1. The third kappa shape index (κ3) is 11.1. The molecule has 0 saturated carbocycles. The number of phenolic OH excluding ortho intramolecular Hbond substituents is 2. The summed E-state index contributed by atoms with van der Waals surface area (Å²) in [6.07, 6.45) is 1.28. The van der Waals surface area contributed by atoms with E-state index in [1.54, 1.807) is 11.8 Å². The molecule has 0 spiro atoms. The molecular weight excluding hydrogens is 775 g/mol. The van der Waals surface area contributed by atoms with Crippen LogP contribution >= 0.6 is 0 Å². The molecular formula is C54H73NO7. The fourth-order valence-electron chi connectivity index (χ4n) is 8.15. The van der Waals surface area contributed by atoms with Crippen molar-refractivity contribution in [3.63, 3.8) is 0 Å². The lowest BCUT2D eigenvalue weighted by Gasteiger charge is -2.28. The van der Waals surface area contributed by atoms with Gasteiger partial charge in [0.05, 0.1) is 6.61 Å². The van der Waals surface area contributed by atoms with Crippen LogP contribution in [-0.4, -0.2) is 59.9 Å². The number of rotatable bonds is 9. The normalized spacial score (nSPS) is 13.4. The van der Waals surface area contributed by atoms with E-state index >= 15 is 0 Å². The van der Waals surface area contributed by atoms with Gasteiger partial charge >= 0.3 is 5.97 Å². The maximum Gasteiger partial charge on any atom is 0.344 e. The predicted octanol–water partition coefficient (Wildman–Crippen LogP) is 11.2. The molecule has 0 radical (unpaired) electrons. The van der Waals surface area contributed by atoms with Gasteiger partial charge in [0.1, 0.15) is 23.0 Å². The van der Waals surface area contributed by atoms with Gasteiger partial charge in [-0.2, -0.15) is 0 Å². The second kappa shape index (κ2) is 18.4. The highest BCUT2D eigenvalue weighted by Gasteiger charge is 2.29. The maximum atomic E-state index is 13.6. The van der Waals surface area contributed by atoms with Crippen molar-refractivity contribution in [1.82, 2.24) is 4.90 Å². The Balaban J connectivity index is 1.93. The highest BCUT2D eigenvalue weighted by atomic mass is 16.6. The summed E-state index contributed by atoms with van der Waals surface area (Å²) in [5.74, 6) is 0.897. The molecule has 1 aliphatic rings. The van der Waals surface area contributed by atoms with E-state index in [2.05, 4.69) is 132 Å². The first-order chi connectivity index (χ1) is 28.7. The molecule has 0 atom stereocenters. The Labute approximate surface area is 372 Å². The number of amides is 1. The van der Waals surface area contributed by atoms with E-state index in [0.29, 0.717) is 50.3 Å². The fraction of sp³-hybridized carbons (Fsp3) is 0.519. The van der Waals surface area contributed by atoms with Gasteiger partial charge in [0.25, 0.3) is 5.91 Å². The third-order valence-corrected chi connectivity index (χ3v) is 12.1. The number of carbonyl (C=O) groups is 2. The zero-order chi connectivity index (χ0) is 46.1. The lowest BCUT2D eigenvalue weighted by atomic mass is 9.79. The molecule has 0 fully saturated rings. The number of nitrogens with zero attached hydrogens (tertiary/aromatic N) is 1. The van der Waals surface area contributed by atoms with E-state index in [0.717, 1.165) is 66.8 Å². The van der Waals surface area contributed by atoms with Crippen molar-refractivity contribution >= 4 is 11.9 Å². The van der Waals surface area contributed by atoms with Crippen molar-refractivity contribution in [1.29, 1.82) is 0 Å². The minimum Gasteiger partial charge on any atom is -0.507 e. The minimum absolute atomic E-state index is 0.106. The van der Waals surface area contributed by atoms with Gasteiger partial charge in [-0.1, -0.05) is 132 Å². The Bertz CT molecular complexity index is 2170. The van der Waals surface area contributed by atoms with Crippen LogP contribution in [0.25, 0.3) is 0 Å². The Morgan fingerprint density at radius 1 is 0.484 bits per heavy atom. The van der Waals surface area contributed by atoms with Gasteiger partial charge in [-0.3, -0.25) is 4.79 Å². The standard InChI is InChI=1S/C54H73NO7/c1-16-55(17-2)45(56)31-61-49-37-19-33-23-41(51(4,5)6)25-35(47(33)58)21-39-29-44(54(13,14)15)30-40(50(39)62-32-46(57)60-18-3)22-36-26-42(52(7,8)9)24-34(48(36)59)20-38(49)28-43(27-37)53(10,11)12/h23-30,58-59H,16-22,31-32H2,1-15H3. The number of benzene rings is 4. The number of hydrogen-bond acceptors (Lipinski definition) is 7. The summed E-state index contributed by atoms with van der Waals surface area (Å²) in [7, 11) is 0. The number of hydrogen-bond donors (Lipinski definition) is 2. The Morgan fingerprint density at radius 3 is 1.02 bits per heavy atom. The van der Waals surface area contributed by atoms with Crippen LogP contribution in [0.15, 0.2) is 48.5 Å². The first kappa shape index (κ1) is 48.1. The first-order valence-corrected chi connectivity index (χ1v) is 22.5. The van der Waals surface area contributed by atoms with Crippen LogP contribution in [0.4, 0.5) is 0 Å². The van der Waals surface area contributed by atoms with Gasteiger partial charge in [-0.25, -0.2) is 4.79 Å². The molecule has 2 N–H and O–H groups in total. The average molecular weight is 848 g/mol. The van der Waals surface area contributed by atoms with Crippen LogP contribution < -0.4 is 9.47 Å². The SMILES string of the molecule is CCOC(=O)COc1c2cc(C(C)(C)C)cc1Cc1cc(C(C)(C)C)cc(c1O)Cc1cc(C(C)(C)C)cc(c1OCC(=O)N(CC)CC)Cc1cc(C(C)(C)C)cc(c1O)C2. The number of aromatic hydroxyl groups is 2. The highest BCUT2D eigenvalue weighted by Crippen LogP contribution is 2.44. The molecule has 1 amide bonds. The van der Waals surface area contributed by atoms with E-state index < -0.39 is 5.97 Å². The monoisotopic (exact) mass is 848 g/mol. The lowest BCUT2D eigenvalue weighted by molar-refractivity contribution is -0.145. The zero-order valence-electron chi connectivity index (χ0n) is 40.4. The molecule has 4 aromatic carbocycles. The van der Waals surface area contributed by atoms with Crippen LogP contribution in [0.1, 0.15) is 171 Å². The summed E-state index contributed by atoms with van der Waals surface area (Å²) in [6.45, 7) is 32.7. The largest absolute Gasteiger partial charge is 0.507 e. The molecule has 336 valence electrons. The number of likely N-dealkylation sites (N-methyl/N-ethyl adjacent to an activating group) is 1. The molecule has 8 bridgehead atoms. The molecule has 0 aliphatic heterocycles. The van der Waals surface area contributed by atoms with Crippen LogP contribution in [0, 0.1) is 0 Å². The molecule has 8 nitrogen and oxygen atoms in total. The Kier molecular flexibility index (Phi) is 14.3. The molecule has 0 heterocycles. The molecule has 8 heteroatoms. The smallest absolute Gasteiger partial charge is 0.344 e.